The van der Waals surface area contributed by atoms with Gasteiger partial charge in [0.25, 0.3) is 0 Å². The molecule has 0 aliphatic carbocycles. The van der Waals surface area contributed by atoms with Crippen LogP contribution in [0.15, 0.2) is 41.3 Å². The topological polar surface area (TPSA) is 56.8 Å². The lowest BCUT2D eigenvalue weighted by molar-refractivity contribution is 0.381. The highest BCUT2D eigenvalue weighted by Gasteiger charge is 2.16. The van der Waals surface area contributed by atoms with Crippen molar-refractivity contribution in [3.63, 3.8) is 0 Å². The van der Waals surface area contributed by atoms with Crippen molar-refractivity contribution in [3.05, 3.63) is 47.5 Å². The standard InChI is InChI=1S/C17H21NO4S/c1-12-14(20-2)9-10-16(17(12)22-4)23(19)18-11-13-7-5-6-8-15(13)21-3/h5-10,18H,11H2,1-4H3. The molecule has 1 atom stereocenters. The van der Waals surface area contributed by atoms with E-state index in [0.29, 0.717) is 22.9 Å². The Balaban J connectivity index is 2.20. The van der Waals surface area contributed by atoms with Gasteiger partial charge in [-0.05, 0) is 25.1 Å². The Hall–Kier alpha value is -2.05. The van der Waals surface area contributed by atoms with Gasteiger partial charge in [-0.15, -0.1) is 0 Å². The molecule has 23 heavy (non-hydrogen) atoms. The molecule has 0 aliphatic rings. The first-order valence-corrected chi connectivity index (χ1v) is 8.26. The number of ether oxygens (including phenoxy) is 3. The smallest absolute Gasteiger partial charge is 0.142 e. The van der Waals surface area contributed by atoms with Crippen LogP contribution in [-0.4, -0.2) is 25.5 Å². The van der Waals surface area contributed by atoms with Gasteiger partial charge in [-0.1, -0.05) is 18.2 Å². The van der Waals surface area contributed by atoms with Gasteiger partial charge < -0.3 is 14.2 Å². The Morgan fingerprint density at radius 2 is 1.65 bits per heavy atom. The maximum Gasteiger partial charge on any atom is 0.142 e. The summed E-state index contributed by atoms with van der Waals surface area (Å²) in [5.74, 6) is 2.03. The molecule has 0 radical (unpaired) electrons. The van der Waals surface area contributed by atoms with Crippen LogP contribution in [0.2, 0.25) is 0 Å². The maximum absolute atomic E-state index is 12.6. The molecular formula is C17H21NO4S. The molecule has 1 unspecified atom stereocenters. The predicted octanol–water partition coefficient (Wildman–Crippen LogP) is 2.83. The van der Waals surface area contributed by atoms with Gasteiger partial charge in [0.05, 0.1) is 26.2 Å². The second kappa shape index (κ2) is 7.99. The molecule has 5 nitrogen and oxygen atoms in total. The first kappa shape index (κ1) is 17.3. The van der Waals surface area contributed by atoms with E-state index in [1.165, 1.54) is 0 Å². The van der Waals surface area contributed by atoms with Crippen molar-refractivity contribution in [1.82, 2.24) is 4.72 Å². The van der Waals surface area contributed by atoms with Gasteiger partial charge >= 0.3 is 0 Å². The SMILES string of the molecule is COc1ccccc1CNS(=O)c1ccc(OC)c(C)c1OC. The molecule has 0 heterocycles. The molecule has 0 amide bonds. The van der Waals surface area contributed by atoms with Crippen LogP contribution in [0.1, 0.15) is 11.1 Å². The number of hydrogen-bond donors (Lipinski definition) is 1. The lowest BCUT2D eigenvalue weighted by atomic mass is 10.2. The van der Waals surface area contributed by atoms with E-state index in [2.05, 4.69) is 4.72 Å². The van der Waals surface area contributed by atoms with Crippen molar-refractivity contribution >= 4 is 11.0 Å². The Bertz CT molecular complexity index is 703. The largest absolute Gasteiger partial charge is 0.496 e. The zero-order valence-corrected chi connectivity index (χ0v) is 14.5. The van der Waals surface area contributed by atoms with E-state index in [-0.39, 0.29) is 0 Å². The average Bonchev–Trinajstić information content (AvgIpc) is 2.59. The number of para-hydroxylation sites is 1. The van der Waals surface area contributed by atoms with Gasteiger partial charge in [-0.2, -0.15) is 0 Å². The normalized spacial score (nSPS) is 11.8. The van der Waals surface area contributed by atoms with Crippen molar-refractivity contribution < 1.29 is 18.4 Å². The van der Waals surface area contributed by atoms with Crippen molar-refractivity contribution in [1.29, 1.82) is 0 Å². The van der Waals surface area contributed by atoms with Crippen LogP contribution in [0.3, 0.4) is 0 Å². The van der Waals surface area contributed by atoms with Crippen LogP contribution in [-0.2, 0) is 17.5 Å². The minimum absolute atomic E-state index is 0.421. The summed E-state index contributed by atoms with van der Waals surface area (Å²) in [5, 5.41) is 0. The van der Waals surface area contributed by atoms with Crippen LogP contribution < -0.4 is 18.9 Å². The van der Waals surface area contributed by atoms with Gasteiger partial charge in [-0.25, -0.2) is 8.93 Å². The van der Waals surface area contributed by atoms with Crippen LogP contribution >= 0.6 is 0 Å². The van der Waals surface area contributed by atoms with Crippen LogP contribution in [0.4, 0.5) is 0 Å². The summed E-state index contributed by atoms with van der Waals surface area (Å²) >= 11 is 0. The Morgan fingerprint density at radius 1 is 0.957 bits per heavy atom. The van der Waals surface area contributed by atoms with Crippen molar-refractivity contribution in [3.8, 4) is 17.2 Å². The van der Waals surface area contributed by atoms with Gasteiger partial charge in [0.15, 0.2) is 0 Å². The zero-order chi connectivity index (χ0) is 16.8. The quantitative estimate of drug-likeness (QED) is 0.845. The molecule has 0 saturated heterocycles. The monoisotopic (exact) mass is 335 g/mol. The third-order valence-corrected chi connectivity index (χ3v) is 4.66. The van der Waals surface area contributed by atoms with E-state index >= 15 is 0 Å². The molecule has 1 N–H and O–H groups in total. The highest BCUT2D eigenvalue weighted by atomic mass is 32.2. The molecule has 0 aliphatic heterocycles. The fourth-order valence-electron chi connectivity index (χ4n) is 2.34. The minimum Gasteiger partial charge on any atom is -0.496 e. The van der Waals surface area contributed by atoms with Gasteiger partial charge in [0.2, 0.25) is 0 Å². The molecular weight excluding hydrogens is 314 g/mol. The summed E-state index contributed by atoms with van der Waals surface area (Å²) in [5.41, 5.74) is 1.76. The van der Waals surface area contributed by atoms with E-state index in [0.717, 1.165) is 16.9 Å². The highest BCUT2D eigenvalue weighted by molar-refractivity contribution is 7.83. The molecule has 0 bridgehead atoms. The third-order valence-electron chi connectivity index (χ3n) is 3.53. The molecule has 2 rings (SSSR count). The van der Waals surface area contributed by atoms with Crippen LogP contribution in [0, 0.1) is 6.92 Å². The number of methoxy groups -OCH3 is 3. The second-order valence-corrected chi connectivity index (χ2v) is 6.09. The number of hydrogen-bond acceptors (Lipinski definition) is 4. The molecule has 0 fully saturated rings. The van der Waals surface area contributed by atoms with Crippen molar-refractivity contribution in [2.75, 3.05) is 21.3 Å². The van der Waals surface area contributed by atoms with E-state index in [4.69, 9.17) is 14.2 Å². The summed E-state index contributed by atoms with van der Waals surface area (Å²) in [6.45, 7) is 2.30. The average molecular weight is 335 g/mol. The zero-order valence-electron chi connectivity index (χ0n) is 13.7. The van der Waals surface area contributed by atoms with Gasteiger partial charge in [0.1, 0.15) is 28.2 Å². The summed E-state index contributed by atoms with van der Waals surface area (Å²) in [6, 6.07) is 11.2. The first-order chi connectivity index (χ1) is 11.1. The van der Waals surface area contributed by atoms with E-state index in [9.17, 15) is 4.21 Å². The Morgan fingerprint density at radius 3 is 2.30 bits per heavy atom. The Labute approximate surface area is 139 Å². The number of nitrogens with one attached hydrogen (secondary N) is 1. The third kappa shape index (κ3) is 3.83. The van der Waals surface area contributed by atoms with Gasteiger partial charge in [-0.3, -0.25) is 0 Å². The van der Waals surface area contributed by atoms with Crippen molar-refractivity contribution in [2.45, 2.75) is 18.4 Å². The summed E-state index contributed by atoms with van der Waals surface area (Å²) < 4.78 is 31.6. The first-order valence-electron chi connectivity index (χ1n) is 7.11. The molecule has 2 aromatic carbocycles. The van der Waals surface area contributed by atoms with Crippen LogP contribution in [0.25, 0.3) is 0 Å². The van der Waals surface area contributed by atoms with Gasteiger partial charge in [0, 0.05) is 17.7 Å². The van der Waals surface area contributed by atoms with E-state index < -0.39 is 11.0 Å². The fourth-order valence-corrected chi connectivity index (χ4v) is 3.38. The Kier molecular flexibility index (Phi) is 6.01. The maximum atomic E-state index is 12.6. The summed E-state index contributed by atoms with van der Waals surface area (Å²) in [4.78, 5) is 0.584. The minimum atomic E-state index is -1.41. The molecule has 0 aromatic heterocycles. The molecule has 6 heteroatoms. The summed E-state index contributed by atoms with van der Waals surface area (Å²) in [7, 11) is 3.36. The lowest BCUT2D eigenvalue weighted by Crippen LogP contribution is -2.18. The highest BCUT2D eigenvalue weighted by Crippen LogP contribution is 2.33. The lowest BCUT2D eigenvalue weighted by Gasteiger charge is -2.15. The second-order valence-electron chi connectivity index (χ2n) is 4.83. The molecule has 0 spiro atoms. The predicted molar refractivity (Wildman–Crippen MR) is 90.5 cm³/mol. The number of benzene rings is 2. The number of rotatable bonds is 7. The molecule has 0 saturated carbocycles. The fraction of sp³-hybridized carbons (Fsp3) is 0.294. The summed E-state index contributed by atoms with van der Waals surface area (Å²) in [6.07, 6.45) is 0. The molecule has 124 valence electrons. The van der Waals surface area contributed by atoms with E-state index in [1.807, 2.05) is 31.2 Å². The molecule has 2 aromatic rings. The van der Waals surface area contributed by atoms with E-state index in [1.54, 1.807) is 33.5 Å². The van der Waals surface area contributed by atoms with Crippen molar-refractivity contribution in [2.24, 2.45) is 0 Å². The van der Waals surface area contributed by atoms with Crippen LogP contribution in [0.5, 0.6) is 17.2 Å².